The molecule has 0 atom stereocenters. The fourth-order valence-corrected chi connectivity index (χ4v) is 3.45. The molecule has 4 heteroatoms. The first-order valence-electron chi connectivity index (χ1n) is 8.41. The Kier molecular flexibility index (Phi) is 5.20. The van der Waals surface area contributed by atoms with Gasteiger partial charge in [-0.1, -0.05) is 41.8 Å². The maximum absolute atomic E-state index is 13.2. The van der Waals surface area contributed by atoms with Crippen LogP contribution in [0.2, 0.25) is 5.02 Å². The van der Waals surface area contributed by atoms with Gasteiger partial charge in [-0.3, -0.25) is 4.79 Å². The van der Waals surface area contributed by atoms with Gasteiger partial charge in [0.25, 0.3) is 0 Å². The van der Waals surface area contributed by atoms with Crippen molar-refractivity contribution in [3.05, 3.63) is 69.2 Å². The van der Waals surface area contributed by atoms with Crippen molar-refractivity contribution in [1.29, 1.82) is 0 Å². The van der Waals surface area contributed by atoms with Crippen molar-refractivity contribution >= 4 is 17.5 Å². The lowest BCUT2D eigenvalue weighted by molar-refractivity contribution is -0.119. The number of nitrogens with one attached hydrogen (secondary N) is 1. The van der Waals surface area contributed by atoms with E-state index in [0.29, 0.717) is 5.56 Å². The van der Waals surface area contributed by atoms with Crippen LogP contribution in [-0.2, 0) is 11.2 Å². The van der Waals surface area contributed by atoms with Gasteiger partial charge in [0.1, 0.15) is 5.82 Å². The smallest absolute Gasteiger partial charge is 0.228 e. The number of rotatable bonds is 4. The van der Waals surface area contributed by atoms with Gasteiger partial charge in [0.05, 0.1) is 11.4 Å². The number of hydrogen-bond donors (Lipinski definition) is 1. The maximum atomic E-state index is 13.2. The summed E-state index contributed by atoms with van der Waals surface area (Å²) in [7, 11) is 0. The third-order valence-electron chi connectivity index (χ3n) is 4.64. The van der Waals surface area contributed by atoms with Crippen molar-refractivity contribution in [2.75, 3.05) is 0 Å². The van der Waals surface area contributed by atoms with Crippen LogP contribution >= 0.6 is 11.6 Å². The SMILES string of the molecule is CCC1=CC2=C(CC1)CCC(NC(=O)Cc1ccc(F)c(Cl)c1)=C2. The van der Waals surface area contributed by atoms with E-state index >= 15 is 0 Å². The molecule has 0 aliphatic heterocycles. The summed E-state index contributed by atoms with van der Waals surface area (Å²) in [4.78, 5) is 12.2. The molecule has 0 saturated heterocycles. The summed E-state index contributed by atoms with van der Waals surface area (Å²) in [5.74, 6) is -0.561. The molecule has 0 saturated carbocycles. The number of allylic oxidation sites excluding steroid dienone is 6. The molecule has 1 amide bonds. The quantitative estimate of drug-likeness (QED) is 0.794. The van der Waals surface area contributed by atoms with Crippen molar-refractivity contribution in [1.82, 2.24) is 5.32 Å². The molecule has 1 aromatic carbocycles. The topological polar surface area (TPSA) is 29.1 Å². The number of hydrogen-bond acceptors (Lipinski definition) is 1. The number of carbonyl (C=O) groups is 1. The van der Waals surface area contributed by atoms with Crippen LogP contribution in [0.4, 0.5) is 4.39 Å². The third kappa shape index (κ3) is 3.96. The van der Waals surface area contributed by atoms with Gasteiger partial charge in [-0.15, -0.1) is 0 Å². The van der Waals surface area contributed by atoms with Crippen LogP contribution < -0.4 is 5.32 Å². The van der Waals surface area contributed by atoms with Crippen LogP contribution in [0.1, 0.15) is 44.6 Å². The molecule has 1 N–H and O–H groups in total. The fraction of sp³-hybridized carbons (Fsp3) is 0.350. The second-order valence-corrected chi connectivity index (χ2v) is 6.77. The zero-order chi connectivity index (χ0) is 17.1. The molecule has 0 fully saturated rings. The van der Waals surface area contributed by atoms with E-state index < -0.39 is 5.82 Å². The largest absolute Gasteiger partial charge is 0.329 e. The predicted octanol–water partition coefficient (Wildman–Crippen LogP) is 5.24. The summed E-state index contributed by atoms with van der Waals surface area (Å²) < 4.78 is 13.2. The molecule has 24 heavy (non-hydrogen) atoms. The summed E-state index contributed by atoms with van der Waals surface area (Å²) in [6.45, 7) is 2.18. The van der Waals surface area contributed by atoms with Crippen molar-refractivity contribution in [3.8, 4) is 0 Å². The number of carbonyl (C=O) groups excluding carboxylic acids is 1. The van der Waals surface area contributed by atoms with Gasteiger partial charge < -0.3 is 5.32 Å². The standard InChI is InChI=1S/C20H21ClFNO/c1-2-13-3-5-15-6-7-17(12-16(15)9-13)23-20(24)11-14-4-8-19(22)18(21)10-14/h4,8-10,12H,2-3,5-7,11H2,1H3,(H,23,24). The highest BCUT2D eigenvalue weighted by Crippen LogP contribution is 2.33. The molecular formula is C20H21ClFNO. The summed E-state index contributed by atoms with van der Waals surface area (Å²) >= 11 is 5.76. The molecular weight excluding hydrogens is 325 g/mol. The van der Waals surface area contributed by atoms with E-state index in [1.807, 2.05) is 0 Å². The minimum absolute atomic E-state index is 0.0476. The van der Waals surface area contributed by atoms with Crippen LogP contribution in [0, 0.1) is 5.82 Å². The summed E-state index contributed by atoms with van der Waals surface area (Å²) in [5, 5.41) is 3.04. The number of halogens is 2. The zero-order valence-electron chi connectivity index (χ0n) is 13.8. The van der Waals surface area contributed by atoms with E-state index in [1.165, 1.54) is 28.9 Å². The lowest BCUT2D eigenvalue weighted by atomic mass is 9.85. The molecule has 0 radical (unpaired) electrons. The van der Waals surface area contributed by atoms with Crippen LogP contribution in [0.15, 0.2) is 52.8 Å². The predicted molar refractivity (Wildman–Crippen MR) is 95.2 cm³/mol. The van der Waals surface area contributed by atoms with Gasteiger partial charge in [0.2, 0.25) is 5.91 Å². The average Bonchev–Trinajstić information content (AvgIpc) is 2.57. The second-order valence-electron chi connectivity index (χ2n) is 6.36. The highest BCUT2D eigenvalue weighted by molar-refractivity contribution is 6.30. The molecule has 0 heterocycles. The van der Waals surface area contributed by atoms with E-state index in [2.05, 4.69) is 24.4 Å². The Morgan fingerprint density at radius 3 is 2.75 bits per heavy atom. The van der Waals surface area contributed by atoms with Crippen LogP contribution in [-0.4, -0.2) is 5.91 Å². The van der Waals surface area contributed by atoms with Gasteiger partial charge >= 0.3 is 0 Å². The average molecular weight is 346 g/mol. The molecule has 2 aliphatic carbocycles. The van der Waals surface area contributed by atoms with E-state index in [1.54, 1.807) is 6.07 Å². The lowest BCUT2D eigenvalue weighted by Gasteiger charge is -2.24. The molecule has 0 spiro atoms. The summed E-state index contributed by atoms with van der Waals surface area (Å²) in [5.41, 5.74) is 5.90. The normalized spacial score (nSPS) is 17.1. The lowest BCUT2D eigenvalue weighted by Crippen LogP contribution is -2.26. The zero-order valence-corrected chi connectivity index (χ0v) is 14.5. The molecule has 1 aromatic rings. The summed E-state index contributed by atoms with van der Waals surface area (Å²) in [6, 6.07) is 4.39. The first-order chi connectivity index (χ1) is 11.5. The Balaban J connectivity index is 1.66. The highest BCUT2D eigenvalue weighted by Gasteiger charge is 2.17. The van der Waals surface area contributed by atoms with Gasteiger partial charge in [-0.2, -0.15) is 0 Å². The van der Waals surface area contributed by atoms with E-state index in [9.17, 15) is 9.18 Å². The molecule has 2 nitrogen and oxygen atoms in total. The second kappa shape index (κ2) is 7.35. The molecule has 0 aromatic heterocycles. The van der Waals surface area contributed by atoms with E-state index in [4.69, 9.17) is 11.6 Å². The Bertz CT molecular complexity index is 761. The molecule has 126 valence electrons. The first kappa shape index (κ1) is 17.0. The molecule has 0 bridgehead atoms. The van der Waals surface area contributed by atoms with Crippen molar-refractivity contribution in [2.45, 2.75) is 45.4 Å². The van der Waals surface area contributed by atoms with Gasteiger partial charge in [0, 0.05) is 5.70 Å². The Morgan fingerprint density at radius 2 is 2.00 bits per heavy atom. The minimum Gasteiger partial charge on any atom is -0.329 e. The van der Waals surface area contributed by atoms with Crippen LogP contribution in [0.3, 0.4) is 0 Å². The van der Waals surface area contributed by atoms with Gasteiger partial charge in [-0.05, 0) is 61.4 Å². The van der Waals surface area contributed by atoms with Crippen molar-refractivity contribution in [2.24, 2.45) is 0 Å². The van der Waals surface area contributed by atoms with Gasteiger partial charge in [0.15, 0.2) is 0 Å². The number of benzene rings is 1. The Hall–Kier alpha value is -1.87. The third-order valence-corrected chi connectivity index (χ3v) is 4.93. The van der Waals surface area contributed by atoms with E-state index in [0.717, 1.165) is 37.8 Å². The van der Waals surface area contributed by atoms with Crippen LogP contribution in [0.25, 0.3) is 0 Å². The summed E-state index contributed by atoms with van der Waals surface area (Å²) in [6.07, 6.45) is 9.82. The fourth-order valence-electron chi connectivity index (χ4n) is 3.24. The Labute approximate surface area is 147 Å². The monoisotopic (exact) mass is 345 g/mol. The number of amides is 1. The maximum Gasteiger partial charge on any atom is 0.228 e. The molecule has 3 rings (SSSR count). The Morgan fingerprint density at radius 1 is 1.21 bits per heavy atom. The highest BCUT2D eigenvalue weighted by atomic mass is 35.5. The van der Waals surface area contributed by atoms with Crippen molar-refractivity contribution < 1.29 is 9.18 Å². The molecule has 0 unspecified atom stereocenters. The van der Waals surface area contributed by atoms with Gasteiger partial charge in [-0.25, -0.2) is 4.39 Å². The molecule has 2 aliphatic rings. The van der Waals surface area contributed by atoms with Crippen molar-refractivity contribution in [3.63, 3.8) is 0 Å². The minimum atomic E-state index is -0.467. The van der Waals surface area contributed by atoms with E-state index in [-0.39, 0.29) is 17.4 Å². The first-order valence-corrected chi connectivity index (χ1v) is 8.78. The van der Waals surface area contributed by atoms with Crippen LogP contribution in [0.5, 0.6) is 0 Å².